The lowest BCUT2D eigenvalue weighted by Gasteiger charge is -2.27. The summed E-state index contributed by atoms with van der Waals surface area (Å²) in [6.07, 6.45) is 4.04. The minimum absolute atomic E-state index is 0.476. The van der Waals surface area contributed by atoms with Gasteiger partial charge in [0.25, 0.3) is 0 Å². The van der Waals surface area contributed by atoms with Crippen molar-refractivity contribution in [3.8, 4) is 0 Å². The molecule has 0 radical (unpaired) electrons. The second-order valence-corrected chi connectivity index (χ2v) is 5.80. The average molecular weight is 228 g/mol. The van der Waals surface area contributed by atoms with E-state index >= 15 is 0 Å². The van der Waals surface area contributed by atoms with Gasteiger partial charge in [0.15, 0.2) is 0 Å². The minimum atomic E-state index is 0.476. The Morgan fingerprint density at radius 3 is 2.62 bits per heavy atom. The maximum Gasteiger partial charge on any atom is 0.0593 e. The zero-order valence-electron chi connectivity index (χ0n) is 11.4. The molecule has 3 heteroatoms. The molecular formula is C13H28N2O. The van der Waals surface area contributed by atoms with Crippen LogP contribution in [0, 0.1) is 5.41 Å². The van der Waals surface area contributed by atoms with E-state index in [1.165, 1.54) is 19.3 Å². The molecule has 0 spiro atoms. The third-order valence-corrected chi connectivity index (χ3v) is 3.58. The molecule has 1 unspecified atom stereocenters. The topological polar surface area (TPSA) is 24.5 Å². The summed E-state index contributed by atoms with van der Waals surface area (Å²) >= 11 is 0. The fourth-order valence-electron chi connectivity index (χ4n) is 2.36. The Morgan fingerprint density at radius 1 is 1.31 bits per heavy atom. The van der Waals surface area contributed by atoms with Crippen molar-refractivity contribution in [1.82, 2.24) is 10.2 Å². The number of hydrogen-bond acceptors (Lipinski definition) is 3. The Kier molecular flexibility index (Phi) is 5.73. The summed E-state index contributed by atoms with van der Waals surface area (Å²) in [5.41, 5.74) is 0.476. The number of nitrogens with zero attached hydrogens (tertiary/aromatic N) is 1. The quantitative estimate of drug-likeness (QED) is 0.672. The van der Waals surface area contributed by atoms with Crippen molar-refractivity contribution >= 4 is 0 Å². The minimum Gasteiger partial charge on any atom is -0.379 e. The molecule has 0 aliphatic heterocycles. The Balaban J connectivity index is 1.99. The molecule has 1 aliphatic rings. The standard InChI is InChI=1S/C13H28N2O/c1-13(2)7-5-6-12(13)14-8-10-16-11-9-15(3)4/h12,14H,5-11H2,1-4H3. The summed E-state index contributed by atoms with van der Waals surface area (Å²) < 4.78 is 5.57. The first-order valence-electron chi connectivity index (χ1n) is 6.48. The maximum atomic E-state index is 5.57. The predicted octanol–water partition coefficient (Wildman–Crippen LogP) is 1.73. The zero-order chi connectivity index (χ0) is 12.0. The van der Waals surface area contributed by atoms with E-state index in [0.29, 0.717) is 11.5 Å². The van der Waals surface area contributed by atoms with Gasteiger partial charge < -0.3 is 15.0 Å². The van der Waals surface area contributed by atoms with E-state index in [9.17, 15) is 0 Å². The second-order valence-electron chi connectivity index (χ2n) is 5.80. The lowest BCUT2D eigenvalue weighted by atomic mass is 9.87. The van der Waals surface area contributed by atoms with E-state index in [2.05, 4.69) is 38.2 Å². The van der Waals surface area contributed by atoms with Gasteiger partial charge in [-0.2, -0.15) is 0 Å². The van der Waals surface area contributed by atoms with Crippen LogP contribution in [0.15, 0.2) is 0 Å². The molecule has 1 N–H and O–H groups in total. The number of likely N-dealkylation sites (N-methyl/N-ethyl adjacent to an activating group) is 1. The second kappa shape index (κ2) is 6.58. The van der Waals surface area contributed by atoms with Crippen molar-refractivity contribution < 1.29 is 4.74 Å². The van der Waals surface area contributed by atoms with E-state index in [1.54, 1.807) is 0 Å². The summed E-state index contributed by atoms with van der Waals surface area (Å²) in [7, 11) is 4.14. The molecule has 0 saturated heterocycles. The molecule has 0 amide bonds. The Labute approximate surface area is 101 Å². The van der Waals surface area contributed by atoms with Crippen LogP contribution >= 0.6 is 0 Å². The summed E-state index contributed by atoms with van der Waals surface area (Å²) in [5, 5.41) is 3.62. The Bertz CT molecular complexity index is 192. The molecule has 1 atom stereocenters. The van der Waals surface area contributed by atoms with Gasteiger partial charge in [0.2, 0.25) is 0 Å². The van der Waals surface area contributed by atoms with Crippen LogP contribution in [0.25, 0.3) is 0 Å². The summed E-state index contributed by atoms with van der Waals surface area (Å²) in [5.74, 6) is 0. The van der Waals surface area contributed by atoms with Crippen molar-refractivity contribution in [2.75, 3.05) is 40.4 Å². The van der Waals surface area contributed by atoms with Crippen molar-refractivity contribution in [1.29, 1.82) is 0 Å². The first-order chi connectivity index (χ1) is 7.52. The lowest BCUT2D eigenvalue weighted by molar-refractivity contribution is 0.114. The van der Waals surface area contributed by atoms with Gasteiger partial charge >= 0.3 is 0 Å². The highest BCUT2D eigenvalue weighted by Crippen LogP contribution is 2.36. The highest BCUT2D eigenvalue weighted by Gasteiger charge is 2.33. The monoisotopic (exact) mass is 228 g/mol. The molecule has 1 aliphatic carbocycles. The molecular weight excluding hydrogens is 200 g/mol. The SMILES string of the molecule is CN(C)CCOCCNC1CCCC1(C)C. The van der Waals surface area contributed by atoms with E-state index in [0.717, 1.165) is 26.3 Å². The number of ether oxygens (including phenoxy) is 1. The van der Waals surface area contributed by atoms with Crippen molar-refractivity contribution in [2.24, 2.45) is 5.41 Å². The van der Waals surface area contributed by atoms with E-state index in [-0.39, 0.29) is 0 Å². The third-order valence-electron chi connectivity index (χ3n) is 3.58. The molecule has 0 bridgehead atoms. The van der Waals surface area contributed by atoms with Gasteiger partial charge in [0.1, 0.15) is 0 Å². The molecule has 96 valence electrons. The molecule has 0 heterocycles. The molecule has 1 rings (SSSR count). The van der Waals surface area contributed by atoms with Gasteiger partial charge in [-0.15, -0.1) is 0 Å². The average Bonchev–Trinajstić information content (AvgIpc) is 2.51. The molecule has 3 nitrogen and oxygen atoms in total. The summed E-state index contributed by atoms with van der Waals surface area (Å²) in [6, 6.07) is 0.685. The smallest absolute Gasteiger partial charge is 0.0593 e. The number of nitrogens with one attached hydrogen (secondary N) is 1. The highest BCUT2D eigenvalue weighted by atomic mass is 16.5. The van der Waals surface area contributed by atoms with Crippen LogP contribution in [0.4, 0.5) is 0 Å². The predicted molar refractivity (Wildman–Crippen MR) is 68.8 cm³/mol. The van der Waals surface area contributed by atoms with Crippen LogP contribution in [-0.4, -0.2) is 51.3 Å². The normalized spacial score (nSPS) is 24.2. The molecule has 0 aromatic rings. The summed E-state index contributed by atoms with van der Waals surface area (Å²) in [6.45, 7) is 8.40. The zero-order valence-corrected chi connectivity index (χ0v) is 11.4. The van der Waals surface area contributed by atoms with E-state index in [4.69, 9.17) is 4.74 Å². The summed E-state index contributed by atoms with van der Waals surface area (Å²) in [4.78, 5) is 2.15. The molecule has 0 aromatic heterocycles. The molecule has 1 saturated carbocycles. The van der Waals surface area contributed by atoms with Crippen LogP contribution in [0.3, 0.4) is 0 Å². The van der Waals surface area contributed by atoms with Gasteiger partial charge in [0.05, 0.1) is 13.2 Å². The fraction of sp³-hybridized carbons (Fsp3) is 1.00. The van der Waals surface area contributed by atoms with Crippen LogP contribution in [0.5, 0.6) is 0 Å². The molecule has 1 fully saturated rings. The highest BCUT2D eigenvalue weighted by molar-refractivity contribution is 4.89. The third kappa shape index (κ3) is 4.81. The van der Waals surface area contributed by atoms with Gasteiger partial charge in [-0.3, -0.25) is 0 Å². The van der Waals surface area contributed by atoms with Crippen molar-refractivity contribution in [3.63, 3.8) is 0 Å². The number of hydrogen-bond donors (Lipinski definition) is 1. The first-order valence-corrected chi connectivity index (χ1v) is 6.48. The van der Waals surface area contributed by atoms with Crippen LogP contribution in [0.2, 0.25) is 0 Å². The van der Waals surface area contributed by atoms with Crippen LogP contribution in [-0.2, 0) is 4.74 Å². The van der Waals surface area contributed by atoms with E-state index in [1.807, 2.05) is 0 Å². The lowest BCUT2D eigenvalue weighted by Crippen LogP contribution is -2.39. The Hall–Kier alpha value is -0.120. The fourth-order valence-corrected chi connectivity index (χ4v) is 2.36. The van der Waals surface area contributed by atoms with Crippen molar-refractivity contribution in [3.05, 3.63) is 0 Å². The largest absolute Gasteiger partial charge is 0.379 e. The van der Waals surface area contributed by atoms with Crippen molar-refractivity contribution in [2.45, 2.75) is 39.2 Å². The number of rotatable bonds is 7. The maximum absolute atomic E-state index is 5.57. The van der Waals surface area contributed by atoms with Gasteiger partial charge in [0, 0.05) is 19.1 Å². The van der Waals surface area contributed by atoms with Crippen LogP contribution < -0.4 is 5.32 Å². The van der Waals surface area contributed by atoms with Gasteiger partial charge in [-0.1, -0.05) is 20.3 Å². The van der Waals surface area contributed by atoms with E-state index < -0.39 is 0 Å². The van der Waals surface area contributed by atoms with Crippen LogP contribution in [0.1, 0.15) is 33.1 Å². The Morgan fingerprint density at radius 2 is 2.06 bits per heavy atom. The van der Waals surface area contributed by atoms with Gasteiger partial charge in [-0.05, 0) is 32.4 Å². The van der Waals surface area contributed by atoms with Gasteiger partial charge in [-0.25, -0.2) is 0 Å². The first kappa shape index (κ1) is 13.9. The molecule has 0 aromatic carbocycles. The molecule has 16 heavy (non-hydrogen) atoms.